The summed E-state index contributed by atoms with van der Waals surface area (Å²) in [6, 6.07) is 7.15. The van der Waals surface area contributed by atoms with Gasteiger partial charge in [0.25, 0.3) is 0 Å². The van der Waals surface area contributed by atoms with Gasteiger partial charge in [0.1, 0.15) is 5.15 Å². The van der Waals surface area contributed by atoms with Gasteiger partial charge in [-0.1, -0.05) is 52.5 Å². The van der Waals surface area contributed by atoms with Crippen molar-refractivity contribution in [3.05, 3.63) is 50.0 Å². The van der Waals surface area contributed by atoms with Crippen LogP contribution in [0.4, 0.5) is 11.5 Å². The van der Waals surface area contributed by atoms with Gasteiger partial charge in [-0.2, -0.15) is 0 Å². The fraction of sp³-hybridized carbons (Fsp3) is 0.0833. The molecule has 0 aliphatic rings. The fourth-order valence-corrected chi connectivity index (χ4v) is 2.21. The molecule has 1 aromatic heterocycles. The van der Waals surface area contributed by atoms with Gasteiger partial charge in [-0.15, -0.1) is 0 Å². The van der Waals surface area contributed by atoms with Crippen LogP contribution in [-0.4, -0.2) is 4.98 Å². The van der Waals surface area contributed by atoms with Crippen LogP contribution in [0.5, 0.6) is 0 Å². The molecule has 2 nitrogen and oxygen atoms in total. The largest absolute Gasteiger partial charge is 0.338 e. The van der Waals surface area contributed by atoms with E-state index in [2.05, 4.69) is 10.3 Å². The zero-order chi connectivity index (χ0) is 13.3. The average molecular weight is 322 g/mol. The topological polar surface area (TPSA) is 24.9 Å². The number of halogens is 4. The summed E-state index contributed by atoms with van der Waals surface area (Å²) in [7, 11) is 0. The Bertz CT molecular complexity index is 599. The molecule has 1 heterocycles. The van der Waals surface area contributed by atoms with Crippen molar-refractivity contribution in [1.29, 1.82) is 0 Å². The summed E-state index contributed by atoms with van der Waals surface area (Å²) in [6.45, 7) is 1.96. The molecule has 0 fully saturated rings. The first kappa shape index (κ1) is 13.8. The van der Waals surface area contributed by atoms with E-state index in [0.29, 0.717) is 26.6 Å². The Morgan fingerprint density at radius 1 is 0.944 bits per heavy atom. The number of hydrogen-bond acceptors (Lipinski definition) is 2. The van der Waals surface area contributed by atoms with Crippen LogP contribution in [0.15, 0.2) is 24.3 Å². The molecule has 0 bridgehead atoms. The van der Waals surface area contributed by atoms with Crippen molar-refractivity contribution in [2.24, 2.45) is 0 Å². The Kier molecular flexibility index (Phi) is 4.23. The van der Waals surface area contributed by atoms with E-state index in [9.17, 15) is 0 Å². The average Bonchev–Trinajstić information content (AvgIpc) is 2.29. The summed E-state index contributed by atoms with van der Waals surface area (Å²) in [5, 5.41) is 4.47. The third-order valence-corrected chi connectivity index (χ3v) is 3.54. The van der Waals surface area contributed by atoms with Gasteiger partial charge in [0, 0.05) is 0 Å². The van der Waals surface area contributed by atoms with Crippen LogP contribution in [0.2, 0.25) is 20.2 Å². The summed E-state index contributed by atoms with van der Waals surface area (Å²) in [5.74, 6) is 0.414. The fourth-order valence-electron chi connectivity index (χ4n) is 1.38. The van der Waals surface area contributed by atoms with Crippen molar-refractivity contribution < 1.29 is 0 Å². The lowest BCUT2D eigenvalue weighted by atomic mass is 10.2. The van der Waals surface area contributed by atoms with Crippen molar-refractivity contribution in [3.63, 3.8) is 0 Å². The molecule has 0 saturated heterocycles. The van der Waals surface area contributed by atoms with E-state index in [1.165, 1.54) is 6.07 Å². The van der Waals surface area contributed by atoms with Crippen LogP contribution in [0, 0.1) is 6.92 Å². The van der Waals surface area contributed by atoms with Crippen LogP contribution in [-0.2, 0) is 0 Å². The summed E-state index contributed by atoms with van der Waals surface area (Å²) < 4.78 is 0. The minimum Gasteiger partial charge on any atom is -0.338 e. The molecule has 0 radical (unpaired) electrons. The van der Waals surface area contributed by atoms with Crippen molar-refractivity contribution in [3.8, 4) is 0 Å². The monoisotopic (exact) mass is 320 g/mol. The minimum absolute atomic E-state index is 0.187. The van der Waals surface area contributed by atoms with E-state index in [1.54, 1.807) is 0 Å². The third kappa shape index (κ3) is 3.01. The van der Waals surface area contributed by atoms with E-state index >= 15 is 0 Å². The molecule has 2 aromatic rings. The summed E-state index contributed by atoms with van der Waals surface area (Å²) >= 11 is 23.8. The number of hydrogen-bond donors (Lipinski definition) is 1. The number of benzene rings is 1. The molecule has 6 heteroatoms. The maximum atomic E-state index is 6.11. The zero-order valence-electron chi connectivity index (χ0n) is 9.27. The highest BCUT2D eigenvalue weighted by Gasteiger charge is 2.09. The van der Waals surface area contributed by atoms with Crippen molar-refractivity contribution in [2.45, 2.75) is 6.92 Å². The molecule has 94 valence electrons. The highest BCUT2D eigenvalue weighted by molar-refractivity contribution is 6.43. The molecule has 2 rings (SSSR count). The van der Waals surface area contributed by atoms with Gasteiger partial charge >= 0.3 is 0 Å². The third-order valence-electron chi connectivity index (χ3n) is 2.26. The molecular weight excluding hydrogens is 314 g/mol. The normalized spacial score (nSPS) is 10.5. The van der Waals surface area contributed by atoms with Crippen molar-refractivity contribution in [2.75, 3.05) is 5.32 Å². The van der Waals surface area contributed by atoms with Crippen LogP contribution in [0.1, 0.15) is 5.56 Å². The predicted molar refractivity (Wildman–Crippen MR) is 78.7 cm³/mol. The molecule has 0 spiro atoms. The molecule has 0 aliphatic heterocycles. The number of aromatic nitrogens is 1. The molecule has 0 aliphatic carbocycles. The van der Waals surface area contributed by atoms with Gasteiger partial charge in [-0.3, -0.25) is 0 Å². The maximum Gasteiger partial charge on any atom is 0.151 e. The Morgan fingerprint density at radius 2 is 1.67 bits per heavy atom. The summed E-state index contributed by atoms with van der Waals surface area (Å²) in [5.41, 5.74) is 1.77. The number of rotatable bonds is 2. The Morgan fingerprint density at radius 3 is 2.33 bits per heavy atom. The van der Waals surface area contributed by atoms with E-state index < -0.39 is 0 Å². The van der Waals surface area contributed by atoms with Gasteiger partial charge in [-0.05, 0) is 30.7 Å². The van der Waals surface area contributed by atoms with Gasteiger partial charge in [0.05, 0.1) is 20.8 Å². The molecule has 0 unspecified atom stereocenters. The first-order valence-electron chi connectivity index (χ1n) is 5.02. The van der Waals surface area contributed by atoms with Crippen LogP contribution >= 0.6 is 46.4 Å². The van der Waals surface area contributed by atoms with Crippen molar-refractivity contribution in [1.82, 2.24) is 4.98 Å². The molecule has 0 amide bonds. The Hall–Kier alpha value is -0.670. The van der Waals surface area contributed by atoms with E-state index in [4.69, 9.17) is 46.4 Å². The van der Waals surface area contributed by atoms with E-state index in [0.717, 1.165) is 5.56 Å². The van der Waals surface area contributed by atoms with E-state index in [-0.39, 0.29) is 5.15 Å². The SMILES string of the molecule is Cc1ccc(Nc2nc(Cl)c(Cl)cc2Cl)c(Cl)c1. The molecule has 1 aromatic carbocycles. The van der Waals surface area contributed by atoms with Gasteiger partial charge in [0.2, 0.25) is 0 Å². The lowest BCUT2D eigenvalue weighted by Crippen LogP contribution is -1.96. The first-order valence-corrected chi connectivity index (χ1v) is 6.53. The number of nitrogens with zero attached hydrogens (tertiary/aromatic N) is 1. The minimum atomic E-state index is 0.187. The van der Waals surface area contributed by atoms with Gasteiger partial charge < -0.3 is 5.32 Å². The number of pyridine rings is 1. The highest BCUT2D eigenvalue weighted by Crippen LogP contribution is 2.32. The highest BCUT2D eigenvalue weighted by atomic mass is 35.5. The molecule has 18 heavy (non-hydrogen) atoms. The lowest BCUT2D eigenvalue weighted by molar-refractivity contribution is 1.30. The Balaban J connectivity index is 2.37. The van der Waals surface area contributed by atoms with E-state index in [1.807, 2.05) is 25.1 Å². The van der Waals surface area contributed by atoms with Gasteiger partial charge in [-0.25, -0.2) is 4.98 Å². The molecular formula is C12H8Cl4N2. The maximum absolute atomic E-state index is 6.11. The number of nitrogens with one attached hydrogen (secondary N) is 1. The quantitative estimate of drug-likeness (QED) is 0.712. The van der Waals surface area contributed by atoms with Crippen LogP contribution in [0.3, 0.4) is 0 Å². The van der Waals surface area contributed by atoms with Crippen LogP contribution in [0.25, 0.3) is 0 Å². The zero-order valence-corrected chi connectivity index (χ0v) is 12.3. The first-order chi connectivity index (χ1) is 8.47. The summed E-state index contributed by atoms with van der Waals surface area (Å²) in [6.07, 6.45) is 0. The van der Waals surface area contributed by atoms with Gasteiger partial charge in [0.15, 0.2) is 5.82 Å². The molecule has 0 saturated carbocycles. The lowest BCUT2D eigenvalue weighted by Gasteiger charge is -2.10. The summed E-state index contributed by atoms with van der Waals surface area (Å²) in [4.78, 5) is 4.06. The predicted octanol–water partition coefficient (Wildman–Crippen LogP) is 5.75. The molecule has 0 atom stereocenters. The Labute approximate surface area is 125 Å². The second-order valence-electron chi connectivity index (χ2n) is 3.70. The van der Waals surface area contributed by atoms with Crippen LogP contribution < -0.4 is 5.32 Å². The van der Waals surface area contributed by atoms with Crippen molar-refractivity contribution >= 4 is 57.9 Å². The smallest absolute Gasteiger partial charge is 0.151 e. The number of aryl methyl sites for hydroxylation is 1. The second kappa shape index (κ2) is 5.54. The standard InChI is InChI=1S/C12H8Cl4N2/c1-6-2-3-10(7(13)4-6)17-12-9(15)5-8(14)11(16)18-12/h2-5H,1H3,(H,17,18). The second-order valence-corrected chi connectivity index (χ2v) is 5.28. The number of anilines is 2. The molecule has 1 N–H and O–H groups in total.